The van der Waals surface area contributed by atoms with Crippen molar-refractivity contribution in [3.63, 3.8) is 0 Å². The van der Waals surface area contributed by atoms with Gasteiger partial charge in [-0.2, -0.15) is 0 Å². The van der Waals surface area contributed by atoms with Crippen LogP contribution in [0, 0.1) is 10.1 Å². The van der Waals surface area contributed by atoms with Gasteiger partial charge in [0.05, 0.1) is 19.1 Å². The van der Waals surface area contributed by atoms with E-state index in [1.807, 2.05) is 0 Å². The Bertz CT molecular complexity index is 646. The molecule has 0 aliphatic heterocycles. The fourth-order valence-electron chi connectivity index (χ4n) is 1.88. The molecule has 0 amide bonds. The average molecular weight is 289 g/mol. The molecule has 0 atom stereocenters. The minimum atomic E-state index is -0.474. The Morgan fingerprint density at radius 2 is 2.10 bits per heavy atom. The maximum atomic E-state index is 10.9. The van der Waals surface area contributed by atoms with Crippen molar-refractivity contribution in [1.82, 2.24) is 4.98 Å². The Hall–Kier alpha value is -2.83. The summed E-state index contributed by atoms with van der Waals surface area (Å²) in [5, 5.41) is 13.9. The fraction of sp³-hybridized carbons (Fsp3) is 0.214. The number of anilines is 1. The first-order chi connectivity index (χ1) is 10.2. The van der Waals surface area contributed by atoms with Crippen LogP contribution in [0.25, 0.3) is 0 Å². The molecule has 0 bridgehead atoms. The van der Waals surface area contributed by atoms with Crippen LogP contribution in [-0.2, 0) is 6.54 Å². The Labute approximate surface area is 121 Å². The first-order valence-corrected chi connectivity index (χ1v) is 6.20. The zero-order chi connectivity index (χ0) is 15.2. The van der Waals surface area contributed by atoms with Gasteiger partial charge in [0.1, 0.15) is 11.5 Å². The highest BCUT2D eigenvalue weighted by molar-refractivity contribution is 5.56. The first kappa shape index (κ1) is 14.6. The van der Waals surface area contributed by atoms with Gasteiger partial charge in [0.15, 0.2) is 0 Å². The first-order valence-electron chi connectivity index (χ1n) is 6.20. The molecule has 2 rings (SSSR count). The van der Waals surface area contributed by atoms with Crippen molar-refractivity contribution < 1.29 is 14.4 Å². The smallest absolute Gasteiger partial charge is 0.311 e. The van der Waals surface area contributed by atoms with E-state index in [0.717, 1.165) is 5.56 Å². The number of aromatic nitrogens is 1. The maximum Gasteiger partial charge on any atom is 0.311 e. The fourth-order valence-corrected chi connectivity index (χ4v) is 1.88. The molecule has 2 aromatic rings. The molecule has 1 aromatic carbocycles. The van der Waals surface area contributed by atoms with E-state index in [-0.39, 0.29) is 11.5 Å². The zero-order valence-corrected chi connectivity index (χ0v) is 11.7. The molecular formula is C14H15N3O4. The van der Waals surface area contributed by atoms with Crippen molar-refractivity contribution in [1.29, 1.82) is 0 Å². The summed E-state index contributed by atoms with van der Waals surface area (Å²) in [6.07, 6.45) is 1.50. The van der Waals surface area contributed by atoms with Crippen LogP contribution in [0.1, 0.15) is 5.56 Å². The van der Waals surface area contributed by atoms with Crippen molar-refractivity contribution in [3.05, 3.63) is 52.2 Å². The van der Waals surface area contributed by atoms with Crippen LogP contribution in [-0.4, -0.2) is 24.1 Å². The molecule has 0 unspecified atom stereocenters. The van der Waals surface area contributed by atoms with Crippen LogP contribution in [0.2, 0.25) is 0 Å². The Morgan fingerprint density at radius 1 is 1.29 bits per heavy atom. The molecule has 110 valence electrons. The lowest BCUT2D eigenvalue weighted by Crippen LogP contribution is -2.06. The van der Waals surface area contributed by atoms with E-state index < -0.39 is 4.92 Å². The standard InChI is InChI=1S/C14H15N3O4/c1-20-11-5-6-13(21-2)10(8-11)9-16-14-12(17(18)19)4-3-7-15-14/h3-8H,9H2,1-2H3,(H,15,16). The maximum absolute atomic E-state index is 10.9. The minimum absolute atomic E-state index is 0.0700. The highest BCUT2D eigenvalue weighted by Crippen LogP contribution is 2.26. The molecular weight excluding hydrogens is 274 g/mol. The lowest BCUT2D eigenvalue weighted by Gasteiger charge is -2.11. The molecule has 0 saturated carbocycles. The van der Waals surface area contributed by atoms with Crippen LogP contribution in [0.5, 0.6) is 11.5 Å². The largest absolute Gasteiger partial charge is 0.497 e. The molecule has 0 aliphatic carbocycles. The van der Waals surface area contributed by atoms with Crippen LogP contribution < -0.4 is 14.8 Å². The van der Waals surface area contributed by atoms with Gasteiger partial charge in [-0.25, -0.2) is 4.98 Å². The third-order valence-electron chi connectivity index (χ3n) is 2.92. The van der Waals surface area contributed by atoms with Gasteiger partial charge in [0.25, 0.3) is 0 Å². The molecule has 1 aromatic heterocycles. The second-order valence-corrected chi connectivity index (χ2v) is 4.16. The SMILES string of the molecule is COc1ccc(OC)c(CNc2ncccc2[N+](=O)[O-])c1. The summed E-state index contributed by atoms with van der Waals surface area (Å²) in [6, 6.07) is 8.29. The summed E-state index contributed by atoms with van der Waals surface area (Å²) >= 11 is 0. The number of benzene rings is 1. The molecule has 0 aliphatic rings. The van der Waals surface area contributed by atoms with Crippen molar-refractivity contribution in [2.24, 2.45) is 0 Å². The second kappa shape index (κ2) is 6.56. The molecule has 0 radical (unpaired) electrons. The average Bonchev–Trinajstić information content (AvgIpc) is 2.52. The van der Waals surface area contributed by atoms with E-state index in [2.05, 4.69) is 10.3 Å². The monoisotopic (exact) mass is 289 g/mol. The highest BCUT2D eigenvalue weighted by Gasteiger charge is 2.14. The number of ether oxygens (including phenoxy) is 2. The number of nitrogens with zero attached hydrogens (tertiary/aromatic N) is 2. The second-order valence-electron chi connectivity index (χ2n) is 4.16. The van der Waals surface area contributed by atoms with Crippen molar-refractivity contribution in [2.45, 2.75) is 6.54 Å². The van der Waals surface area contributed by atoms with Gasteiger partial charge in [-0.3, -0.25) is 10.1 Å². The topological polar surface area (TPSA) is 86.5 Å². The number of pyridine rings is 1. The molecule has 7 nitrogen and oxygen atoms in total. The number of rotatable bonds is 6. The molecule has 0 fully saturated rings. The van der Waals surface area contributed by atoms with E-state index in [1.165, 1.54) is 18.3 Å². The Kier molecular flexibility index (Phi) is 4.55. The van der Waals surface area contributed by atoms with Gasteiger partial charge >= 0.3 is 5.69 Å². The van der Waals surface area contributed by atoms with Crippen molar-refractivity contribution in [3.8, 4) is 11.5 Å². The van der Waals surface area contributed by atoms with Crippen LogP contribution in [0.4, 0.5) is 11.5 Å². The van der Waals surface area contributed by atoms with Gasteiger partial charge in [-0.05, 0) is 24.3 Å². The van der Waals surface area contributed by atoms with Crippen molar-refractivity contribution in [2.75, 3.05) is 19.5 Å². The third kappa shape index (κ3) is 3.38. The normalized spacial score (nSPS) is 10.0. The molecule has 0 spiro atoms. The van der Waals surface area contributed by atoms with E-state index in [9.17, 15) is 10.1 Å². The minimum Gasteiger partial charge on any atom is -0.497 e. The summed E-state index contributed by atoms with van der Waals surface area (Å²) < 4.78 is 10.4. The van der Waals surface area contributed by atoms with E-state index >= 15 is 0 Å². The molecule has 0 saturated heterocycles. The Balaban J connectivity index is 2.22. The predicted octanol–water partition coefficient (Wildman–Crippen LogP) is 2.62. The van der Waals surface area contributed by atoms with Gasteiger partial charge in [-0.1, -0.05) is 0 Å². The third-order valence-corrected chi connectivity index (χ3v) is 2.92. The van der Waals surface area contributed by atoms with Crippen molar-refractivity contribution >= 4 is 11.5 Å². The van der Waals surface area contributed by atoms with E-state index in [1.54, 1.807) is 32.4 Å². The zero-order valence-electron chi connectivity index (χ0n) is 11.7. The van der Waals surface area contributed by atoms with Gasteiger partial charge < -0.3 is 14.8 Å². The Morgan fingerprint density at radius 3 is 2.76 bits per heavy atom. The van der Waals surface area contributed by atoms with Gasteiger partial charge in [0.2, 0.25) is 5.82 Å². The van der Waals surface area contributed by atoms with Crippen LogP contribution in [0.3, 0.4) is 0 Å². The van der Waals surface area contributed by atoms with Gasteiger partial charge in [0, 0.05) is 24.4 Å². The summed E-state index contributed by atoms with van der Waals surface area (Å²) in [7, 11) is 3.14. The molecule has 1 N–H and O–H groups in total. The summed E-state index contributed by atoms with van der Waals surface area (Å²) in [4.78, 5) is 14.5. The summed E-state index contributed by atoms with van der Waals surface area (Å²) in [6.45, 7) is 0.332. The molecule has 21 heavy (non-hydrogen) atoms. The summed E-state index contributed by atoms with van der Waals surface area (Å²) in [5.41, 5.74) is 0.746. The number of nitrogens with one attached hydrogen (secondary N) is 1. The van der Waals surface area contributed by atoms with Crippen LogP contribution >= 0.6 is 0 Å². The predicted molar refractivity (Wildman–Crippen MR) is 77.8 cm³/mol. The lowest BCUT2D eigenvalue weighted by molar-refractivity contribution is -0.384. The van der Waals surface area contributed by atoms with Crippen LogP contribution in [0.15, 0.2) is 36.5 Å². The number of hydrogen-bond acceptors (Lipinski definition) is 6. The van der Waals surface area contributed by atoms with Gasteiger partial charge in [-0.15, -0.1) is 0 Å². The number of hydrogen-bond donors (Lipinski definition) is 1. The summed E-state index contributed by atoms with van der Waals surface area (Å²) in [5.74, 6) is 1.57. The number of nitro groups is 1. The lowest BCUT2D eigenvalue weighted by atomic mass is 10.2. The molecule has 7 heteroatoms. The quantitative estimate of drug-likeness (QED) is 0.649. The van der Waals surface area contributed by atoms with E-state index in [0.29, 0.717) is 18.0 Å². The molecule has 1 heterocycles. The number of methoxy groups -OCH3 is 2. The highest BCUT2D eigenvalue weighted by atomic mass is 16.6. The van der Waals surface area contributed by atoms with E-state index in [4.69, 9.17) is 9.47 Å².